The highest BCUT2D eigenvalue weighted by molar-refractivity contribution is 8.13. The van der Waals surface area contributed by atoms with Crippen LogP contribution in [0.3, 0.4) is 0 Å². The number of amidine groups is 1. The maximum Gasteiger partial charge on any atom is 0.194 e. The molecule has 4 aliphatic heterocycles. The van der Waals surface area contributed by atoms with Crippen LogP contribution in [-0.4, -0.2) is 123 Å². The van der Waals surface area contributed by atoms with E-state index in [9.17, 15) is 0 Å². The molecule has 0 aromatic carbocycles. The third kappa shape index (κ3) is 6.98. The molecule has 0 bridgehead atoms. The first kappa shape index (κ1) is 24.1. The van der Waals surface area contributed by atoms with E-state index in [2.05, 4.69) is 40.6 Å². The zero-order valence-electron chi connectivity index (χ0n) is 20.0. The number of guanidine groups is 1. The van der Waals surface area contributed by atoms with Crippen molar-refractivity contribution in [2.45, 2.75) is 50.6 Å². The van der Waals surface area contributed by atoms with Gasteiger partial charge in [0.15, 0.2) is 11.1 Å². The molecule has 32 heavy (non-hydrogen) atoms. The van der Waals surface area contributed by atoms with Gasteiger partial charge in [-0.1, -0.05) is 24.6 Å². The van der Waals surface area contributed by atoms with Gasteiger partial charge in [0.05, 0.1) is 13.1 Å². The molecule has 0 unspecified atom stereocenters. The zero-order chi connectivity index (χ0) is 22.0. The van der Waals surface area contributed by atoms with Gasteiger partial charge in [0, 0.05) is 77.5 Å². The van der Waals surface area contributed by atoms with Gasteiger partial charge in [-0.25, -0.2) is 0 Å². The Hall–Kier alpha value is -1.03. The Morgan fingerprint density at radius 2 is 1.31 bits per heavy atom. The maximum absolute atomic E-state index is 4.48. The minimum Gasteiger partial charge on any atom is -0.363 e. The van der Waals surface area contributed by atoms with E-state index in [1.807, 2.05) is 6.26 Å². The van der Waals surface area contributed by atoms with E-state index in [0.29, 0.717) is 0 Å². The highest BCUT2D eigenvalue weighted by Gasteiger charge is 2.29. The van der Waals surface area contributed by atoms with Crippen molar-refractivity contribution in [1.29, 1.82) is 0 Å². The van der Waals surface area contributed by atoms with Crippen LogP contribution in [0.25, 0.3) is 0 Å². The summed E-state index contributed by atoms with van der Waals surface area (Å²) in [7, 11) is 0. The molecule has 0 amide bonds. The first-order chi connectivity index (χ1) is 15.8. The van der Waals surface area contributed by atoms with E-state index in [1.54, 1.807) is 11.8 Å². The second kappa shape index (κ2) is 13.0. The van der Waals surface area contributed by atoms with Gasteiger partial charge in [-0.05, 0) is 31.9 Å². The van der Waals surface area contributed by atoms with Crippen molar-refractivity contribution >= 4 is 22.9 Å². The fourth-order valence-electron chi connectivity index (χ4n) is 4.96. The van der Waals surface area contributed by atoms with Gasteiger partial charge in [0.1, 0.15) is 0 Å². The quantitative estimate of drug-likeness (QED) is 0.560. The van der Waals surface area contributed by atoms with Gasteiger partial charge in [-0.3, -0.25) is 19.8 Å². The first-order valence-electron chi connectivity index (χ1n) is 12.9. The fourth-order valence-corrected chi connectivity index (χ4v) is 5.43. The SMILES string of the molecule is C1CC(N2CCN(C3=NCCN3)CC2)C1.C1CC(N2CCNCC2)C1.CSC1=NCCN1. The molecule has 0 radical (unpaired) electrons. The minimum atomic E-state index is 0.908. The summed E-state index contributed by atoms with van der Waals surface area (Å²) in [6.45, 7) is 13.7. The summed E-state index contributed by atoms with van der Waals surface area (Å²) in [5.74, 6) is 1.14. The van der Waals surface area contributed by atoms with Crippen LogP contribution in [0, 0.1) is 0 Å². The number of hydrogen-bond donors (Lipinski definition) is 3. The third-order valence-electron chi connectivity index (χ3n) is 7.44. The zero-order valence-corrected chi connectivity index (χ0v) is 20.8. The van der Waals surface area contributed by atoms with Crippen molar-refractivity contribution in [3.63, 3.8) is 0 Å². The number of thioether (sulfide) groups is 1. The van der Waals surface area contributed by atoms with Gasteiger partial charge < -0.3 is 20.9 Å². The number of aliphatic imine (C=N–C) groups is 2. The van der Waals surface area contributed by atoms with Crippen molar-refractivity contribution in [1.82, 2.24) is 30.7 Å². The molecule has 6 rings (SSSR count). The molecule has 2 saturated heterocycles. The van der Waals surface area contributed by atoms with E-state index < -0.39 is 0 Å². The van der Waals surface area contributed by atoms with Crippen LogP contribution in [0.1, 0.15) is 38.5 Å². The van der Waals surface area contributed by atoms with Crippen molar-refractivity contribution in [2.75, 3.05) is 84.8 Å². The molecular formula is C23H44N8S. The number of rotatable bonds is 2. The van der Waals surface area contributed by atoms with Crippen LogP contribution in [0.4, 0.5) is 0 Å². The lowest BCUT2D eigenvalue weighted by Crippen LogP contribution is -2.55. The third-order valence-corrected chi connectivity index (χ3v) is 8.10. The number of hydrogen-bond acceptors (Lipinski definition) is 9. The van der Waals surface area contributed by atoms with Gasteiger partial charge in [-0.15, -0.1) is 0 Å². The predicted octanol–water partition coefficient (Wildman–Crippen LogP) is 0.868. The predicted molar refractivity (Wildman–Crippen MR) is 137 cm³/mol. The molecule has 182 valence electrons. The molecule has 6 aliphatic rings. The summed E-state index contributed by atoms with van der Waals surface area (Å²) >= 11 is 1.67. The Bertz CT molecular complexity index is 605. The second-order valence-corrected chi connectivity index (χ2v) is 10.2. The molecule has 2 saturated carbocycles. The van der Waals surface area contributed by atoms with Crippen LogP contribution in [-0.2, 0) is 0 Å². The monoisotopic (exact) mass is 464 g/mol. The lowest BCUT2D eigenvalue weighted by atomic mass is 9.91. The largest absolute Gasteiger partial charge is 0.363 e. The molecular weight excluding hydrogens is 420 g/mol. The van der Waals surface area contributed by atoms with Crippen LogP contribution >= 0.6 is 11.8 Å². The molecule has 8 nitrogen and oxygen atoms in total. The van der Waals surface area contributed by atoms with Gasteiger partial charge in [0.25, 0.3) is 0 Å². The molecule has 3 N–H and O–H groups in total. The maximum atomic E-state index is 4.48. The van der Waals surface area contributed by atoms with Gasteiger partial charge in [0.2, 0.25) is 0 Å². The summed E-state index contributed by atoms with van der Waals surface area (Å²) in [5.41, 5.74) is 0. The summed E-state index contributed by atoms with van der Waals surface area (Å²) < 4.78 is 0. The molecule has 0 aromatic heterocycles. The number of nitrogens with one attached hydrogen (secondary N) is 3. The Kier molecular flexibility index (Phi) is 9.80. The number of piperazine rings is 2. The lowest BCUT2D eigenvalue weighted by molar-refractivity contribution is 0.0846. The highest BCUT2D eigenvalue weighted by Crippen LogP contribution is 2.25. The fraction of sp³-hybridized carbons (Fsp3) is 0.913. The Labute approximate surface area is 199 Å². The van der Waals surface area contributed by atoms with Crippen molar-refractivity contribution in [3.05, 3.63) is 0 Å². The molecule has 4 heterocycles. The lowest BCUT2D eigenvalue weighted by Gasteiger charge is -2.43. The summed E-state index contributed by atoms with van der Waals surface area (Å²) in [4.78, 5) is 16.3. The molecule has 0 spiro atoms. The highest BCUT2D eigenvalue weighted by atomic mass is 32.2. The van der Waals surface area contributed by atoms with Crippen molar-refractivity contribution in [3.8, 4) is 0 Å². The average Bonchev–Trinajstić information content (AvgIpc) is 3.48. The van der Waals surface area contributed by atoms with E-state index in [-0.39, 0.29) is 0 Å². The van der Waals surface area contributed by atoms with Crippen molar-refractivity contribution < 1.29 is 0 Å². The second-order valence-electron chi connectivity index (χ2n) is 9.43. The molecule has 4 fully saturated rings. The van der Waals surface area contributed by atoms with E-state index >= 15 is 0 Å². The standard InChI is InChI=1S/C11H20N4.C8H16N2.C4H8N2S/c1-2-10(3-1)14-6-8-15(9-7-14)11-12-4-5-13-11;1-2-8(3-1)10-6-4-9-5-7-10;1-7-4-5-2-3-6-4/h10H,1-9H2,(H,12,13);8-9H,1-7H2;2-3H2,1H3,(H,5,6). The topological polar surface area (TPSA) is 70.5 Å². The summed E-state index contributed by atoms with van der Waals surface area (Å²) in [5, 5.41) is 10.9. The smallest absolute Gasteiger partial charge is 0.194 e. The number of nitrogens with zero attached hydrogens (tertiary/aromatic N) is 5. The summed E-state index contributed by atoms with van der Waals surface area (Å²) in [6.07, 6.45) is 10.7. The van der Waals surface area contributed by atoms with Crippen LogP contribution < -0.4 is 16.0 Å². The van der Waals surface area contributed by atoms with Crippen molar-refractivity contribution in [2.24, 2.45) is 9.98 Å². The Morgan fingerprint density at radius 3 is 1.75 bits per heavy atom. The molecule has 9 heteroatoms. The Morgan fingerprint density at radius 1 is 0.719 bits per heavy atom. The average molecular weight is 465 g/mol. The molecule has 0 aromatic rings. The van der Waals surface area contributed by atoms with E-state index in [1.165, 1.54) is 77.8 Å². The van der Waals surface area contributed by atoms with E-state index in [0.717, 1.165) is 62.5 Å². The molecule has 2 aliphatic carbocycles. The van der Waals surface area contributed by atoms with Gasteiger partial charge >= 0.3 is 0 Å². The first-order valence-corrected chi connectivity index (χ1v) is 14.1. The minimum absolute atomic E-state index is 0.908. The van der Waals surface area contributed by atoms with Gasteiger partial charge in [-0.2, -0.15) is 0 Å². The van der Waals surface area contributed by atoms with Crippen LogP contribution in [0.5, 0.6) is 0 Å². The normalized spacial score (nSPS) is 26.8. The van der Waals surface area contributed by atoms with Crippen LogP contribution in [0.15, 0.2) is 9.98 Å². The van der Waals surface area contributed by atoms with E-state index in [4.69, 9.17) is 0 Å². The molecule has 0 atom stereocenters. The Balaban J connectivity index is 0.000000125. The summed E-state index contributed by atoms with van der Waals surface area (Å²) in [6, 6.07) is 1.87. The van der Waals surface area contributed by atoms with Crippen LogP contribution in [0.2, 0.25) is 0 Å².